The molecule has 0 unspecified atom stereocenters. The molecular formula is C13H6BrClO2S. The van der Waals surface area contributed by atoms with Gasteiger partial charge in [0.05, 0.1) is 0 Å². The molecule has 0 radical (unpaired) electrons. The van der Waals surface area contributed by atoms with Gasteiger partial charge < -0.3 is 4.42 Å². The van der Waals surface area contributed by atoms with Crippen LogP contribution in [0.25, 0.3) is 10.1 Å². The zero-order valence-electron chi connectivity index (χ0n) is 8.94. The van der Waals surface area contributed by atoms with Crippen molar-refractivity contribution in [2.45, 2.75) is 0 Å². The molecule has 0 amide bonds. The molecule has 18 heavy (non-hydrogen) atoms. The lowest BCUT2D eigenvalue weighted by Crippen LogP contribution is -1.97. The number of fused-ring (bicyclic) bond motifs is 1. The average molecular weight is 342 g/mol. The molecule has 3 aromatic rings. The van der Waals surface area contributed by atoms with Crippen LogP contribution in [0.3, 0.4) is 0 Å². The van der Waals surface area contributed by atoms with Crippen molar-refractivity contribution in [2.75, 3.05) is 0 Å². The van der Waals surface area contributed by atoms with Gasteiger partial charge in [0.15, 0.2) is 11.0 Å². The van der Waals surface area contributed by atoms with E-state index in [1.807, 2.05) is 23.6 Å². The number of ketones is 1. The molecule has 2 aromatic heterocycles. The van der Waals surface area contributed by atoms with E-state index in [0.717, 1.165) is 14.6 Å². The highest BCUT2D eigenvalue weighted by atomic mass is 79.9. The first kappa shape index (κ1) is 12.0. The maximum absolute atomic E-state index is 12.3. The van der Waals surface area contributed by atoms with Crippen molar-refractivity contribution >= 4 is 54.7 Å². The lowest BCUT2D eigenvalue weighted by molar-refractivity contribution is 0.101. The monoisotopic (exact) mass is 340 g/mol. The second-order valence-corrected chi connectivity index (χ2v) is 5.81. The number of benzene rings is 1. The Morgan fingerprint density at radius 1 is 1.28 bits per heavy atom. The molecule has 1 aromatic carbocycles. The predicted molar refractivity (Wildman–Crippen MR) is 76.7 cm³/mol. The molecule has 3 rings (SSSR count). The van der Waals surface area contributed by atoms with Crippen LogP contribution in [0, 0.1) is 0 Å². The summed E-state index contributed by atoms with van der Waals surface area (Å²) in [5.74, 6) is 0.117. The summed E-state index contributed by atoms with van der Waals surface area (Å²) < 4.78 is 7.20. The summed E-state index contributed by atoms with van der Waals surface area (Å²) in [6.07, 6.45) is 0. The molecule has 0 aliphatic carbocycles. The predicted octanol–water partition coefficient (Wildman–Crippen LogP) is 5.14. The fourth-order valence-electron chi connectivity index (χ4n) is 1.77. The molecule has 0 atom stereocenters. The van der Waals surface area contributed by atoms with Crippen LogP contribution in [0.15, 0.2) is 44.6 Å². The van der Waals surface area contributed by atoms with Crippen molar-refractivity contribution in [1.82, 2.24) is 0 Å². The van der Waals surface area contributed by atoms with Crippen molar-refractivity contribution in [3.05, 3.63) is 56.7 Å². The maximum atomic E-state index is 12.3. The van der Waals surface area contributed by atoms with E-state index in [9.17, 15) is 4.79 Å². The van der Waals surface area contributed by atoms with Crippen molar-refractivity contribution in [1.29, 1.82) is 0 Å². The van der Waals surface area contributed by atoms with E-state index in [4.69, 9.17) is 16.0 Å². The molecule has 0 spiro atoms. The highest BCUT2D eigenvalue weighted by Crippen LogP contribution is 2.33. The van der Waals surface area contributed by atoms with E-state index in [2.05, 4.69) is 15.9 Å². The zero-order valence-corrected chi connectivity index (χ0v) is 12.1. The summed E-state index contributed by atoms with van der Waals surface area (Å²) in [4.78, 5) is 12.3. The van der Waals surface area contributed by atoms with E-state index in [1.165, 1.54) is 11.3 Å². The summed E-state index contributed by atoms with van der Waals surface area (Å²) >= 11 is 10.7. The van der Waals surface area contributed by atoms with Gasteiger partial charge in [0.2, 0.25) is 5.78 Å². The van der Waals surface area contributed by atoms with Gasteiger partial charge in [-0.25, -0.2) is 0 Å². The Labute approximate surface area is 120 Å². The largest absolute Gasteiger partial charge is 0.441 e. The first-order valence-corrected chi connectivity index (χ1v) is 7.17. The van der Waals surface area contributed by atoms with Crippen LogP contribution in [0.4, 0.5) is 0 Å². The van der Waals surface area contributed by atoms with Crippen molar-refractivity contribution in [3.63, 3.8) is 0 Å². The summed E-state index contributed by atoms with van der Waals surface area (Å²) in [5, 5.41) is 2.99. The van der Waals surface area contributed by atoms with Gasteiger partial charge in [-0.3, -0.25) is 4.79 Å². The third kappa shape index (κ3) is 1.90. The fraction of sp³-hybridized carbons (Fsp3) is 0. The second-order valence-electron chi connectivity index (χ2n) is 3.70. The van der Waals surface area contributed by atoms with Gasteiger partial charge in [0.1, 0.15) is 0 Å². The first-order chi connectivity index (χ1) is 8.66. The van der Waals surface area contributed by atoms with E-state index in [0.29, 0.717) is 5.56 Å². The van der Waals surface area contributed by atoms with E-state index < -0.39 is 0 Å². The highest BCUT2D eigenvalue weighted by molar-refractivity contribution is 9.10. The number of halogens is 2. The van der Waals surface area contributed by atoms with Gasteiger partial charge in [-0.2, -0.15) is 0 Å². The maximum Gasteiger partial charge on any atom is 0.229 e. The topological polar surface area (TPSA) is 30.2 Å². The van der Waals surface area contributed by atoms with E-state index in [1.54, 1.807) is 12.1 Å². The highest BCUT2D eigenvalue weighted by Gasteiger charge is 2.18. The van der Waals surface area contributed by atoms with Crippen LogP contribution in [0.1, 0.15) is 16.1 Å². The van der Waals surface area contributed by atoms with Gasteiger partial charge in [-0.1, -0.05) is 12.1 Å². The lowest BCUT2D eigenvalue weighted by Gasteiger charge is -1.97. The minimum absolute atomic E-state index is 0.147. The van der Waals surface area contributed by atoms with Crippen LogP contribution >= 0.6 is 38.9 Å². The molecule has 2 nitrogen and oxygen atoms in total. The van der Waals surface area contributed by atoms with Crippen LogP contribution in [-0.4, -0.2) is 5.78 Å². The third-order valence-electron chi connectivity index (χ3n) is 2.59. The van der Waals surface area contributed by atoms with Crippen LogP contribution in [0.5, 0.6) is 0 Å². The minimum Gasteiger partial charge on any atom is -0.441 e. The number of carbonyl (C=O) groups is 1. The standard InChI is InChI=1S/C13H6BrClO2S/c14-9-3-1-2-7-8(6-18-13(7)9)12(16)10-4-5-11(15)17-10/h1-6H. The Balaban J connectivity index is 2.15. The molecule has 0 aliphatic heterocycles. The molecule has 0 saturated heterocycles. The summed E-state index contributed by atoms with van der Waals surface area (Å²) in [5.41, 5.74) is 0.641. The van der Waals surface area contributed by atoms with E-state index in [-0.39, 0.29) is 16.8 Å². The molecule has 0 fully saturated rings. The summed E-state index contributed by atoms with van der Waals surface area (Å²) in [6.45, 7) is 0. The Morgan fingerprint density at radius 3 is 2.83 bits per heavy atom. The molecule has 0 bridgehead atoms. The number of carbonyl (C=O) groups excluding carboxylic acids is 1. The SMILES string of the molecule is O=C(c1ccc(Cl)o1)c1csc2c(Br)cccc12. The number of rotatable bonds is 2. The Kier molecular flexibility index (Phi) is 3.01. The lowest BCUT2D eigenvalue weighted by atomic mass is 10.1. The van der Waals surface area contributed by atoms with Crippen molar-refractivity contribution in [2.24, 2.45) is 0 Å². The normalized spacial score (nSPS) is 11.0. The van der Waals surface area contributed by atoms with E-state index >= 15 is 0 Å². The van der Waals surface area contributed by atoms with Gasteiger partial charge >= 0.3 is 0 Å². The fourth-order valence-corrected chi connectivity index (χ4v) is 3.51. The summed E-state index contributed by atoms with van der Waals surface area (Å²) in [7, 11) is 0. The smallest absolute Gasteiger partial charge is 0.229 e. The van der Waals surface area contributed by atoms with Crippen LogP contribution in [0.2, 0.25) is 5.22 Å². The molecule has 5 heteroatoms. The Bertz CT molecular complexity index is 744. The van der Waals surface area contributed by atoms with Gasteiger partial charge in [-0.05, 0) is 45.7 Å². The molecule has 2 heterocycles. The van der Waals surface area contributed by atoms with Crippen LogP contribution < -0.4 is 0 Å². The number of thiophene rings is 1. The first-order valence-electron chi connectivity index (χ1n) is 5.12. The van der Waals surface area contributed by atoms with Crippen molar-refractivity contribution in [3.8, 4) is 0 Å². The minimum atomic E-state index is -0.147. The quantitative estimate of drug-likeness (QED) is 0.604. The molecule has 0 saturated carbocycles. The average Bonchev–Trinajstić information content (AvgIpc) is 2.95. The Hall–Kier alpha value is -1.10. The number of hydrogen-bond acceptors (Lipinski definition) is 3. The molecule has 0 aliphatic rings. The molecular weight excluding hydrogens is 336 g/mol. The number of furan rings is 1. The second kappa shape index (κ2) is 4.53. The van der Waals surface area contributed by atoms with Crippen LogP contribution in [-0.2, 0) is 0 Å². The third-order valence-corrected chi connectivity index (χ3v) is 4.75. The van der Waals surface area contributed by atoms with Gasteiger partial charge in [0, 0.05) is 25.5 Å². The molecule has 90 valence electrons. The van der Waals surface area contributed by atoms with Crippen molar-refractivity contribution < 1.29 is 9.21 Å². The van der Waals surface area contributed by atoms with Gasteiger partial charge in [0.25, 0.3) is 0 Å². The number of hydrogen-bond donors (Lipinski definition) is 0. The molecule has 0 N–H and O–H groups in total. The Morgan fingerprint density at radius 2 is 2.11 bits per heavy atom. The summed E-state index contributed by atoms with van der Waals surface area (Å²) in [6, 6.07) is 8.95. The van der Waals surface area contributed by atoms with Gasteiger partial charge in [-0.15, -0.1) is 11.3 Å². The zero-order chi connectivity index (χ0) is 12.7.